The Bertz CT molecular complexity index is 507. The molecule has 1 fully saturated rings. The molecule has 1 aliphatic carbocycles. The molecule has 1 N–H and O–H groups in total. The fourth-order valence-corrected chi connectivity index (χ4v) is 3.29. The van der Waals surface area contributed by atoms with E-state index in [-0.39, 0.29) is 17.4 Å². The number of aliphatic hydroxyl groups excluding tert-OH is 1. The van der Waals surface area contributed by atoms with E-state index in [2.05, 4.69) is 0 Å². The Morgan fingerprint density at radius 2 is 1.84 bits per heavy atom. The van der Waals surface area contributed by atoms with Gasteiger partial charge in [0.25, 0.3) is 10.1 Å². The van der Waals surface area contributed by atoms with Gasteiger partial charge in [0, 0.05) is 5.92 Å². The molecule has 0 aliphatic heterocycles. The van der Waals surface area contributed by atoms with Crippen LogP contribution in [0, 0.1) is 12.8 Å². The molecule has 4 nitrogen and oxygen atoms in total. The molecule has 2 atom stereocenters. The van der Waals surface area contributed by atoms with Crippen molar-refractivity contribution in [2.45, 2.75) is 43.6 Å². The minimum atomic E-state index is -3.71. The van der Waals surface area contributed by atoms with Crippen molar-refractivity contribution in [3.63, 3.8) is 0 Å². The minimum Gasteiger partial charge on any atom is -0.393 e. The second kappa shape index (κ2) is 6.03. The van der Waals surface area contributed by atoms with Crippen LogP contribution >= 0.6 is 0 Å². The molecule has 1 aliphatic rings. The maximum atomic E-state index is 12.0. The van der Waals surface area contributed by atoms with Crippen molar-refractivity contribution in [3.05, 3.63) is 29.8 Å². The summed E-state index contributed by atoms with van der Waals surface area (Å²) in [5.74, 6) is -0.0750. The lowest BCUT2D eigenvalue weighted by Crippen LogP contribution is -2.29. The van der Waals surface area contributed by atoms with Crippen LogP contribution in [0.25, 0.3) is 0 Å². The lowest BCUT2D eigenvalue weighted by atomic mass is 9.87. The molecule has 0 radical (unpaired) electrons. The van der Waals surface area contributed by atoms with E-state index in [4.69, 9.17) is 4.18 Å². The molecule has 2 rings (SSSR count). The zero-order valence-electron chi connectivity index (χ0n) is 11.1. The average Bonchev–Trinajstić information content (AvgIpc) is 2.38. The van der Waals surface area contributed by atoms with Crippen LogP contribution in [0.5, 0.6) is 0 Å². The summed E-state index contributed by atoms with van der Waals surface area (Å²) >= 11 is 0. The summed E-state index contributed by atoms with van der Waals surface area (Å²) in [6, 6.07) is 6.57. The molecule has 106 valence electrons. The van der Waals surface area contributed by atoms with Gasteiger partial charge in [-0.3, -0.25) is 4.18 Å². The second-order valence-corrected chi connectivity index (χ2v) is 6.78. The van der Waals surface area contributed by atoms with Crippen molar-refractivity contribution in [3.8, 4) is 0 Å². The Morgan fingerprint density at radius 1 is 1.21 bits per heavy atom. The predicted molar refractivity (Wildman–Crippen MR) is 72.3 cm³/mol. The minimum absolute atomic E-state index is 0.0668. The van der Waals surface area contributed by atoms with E-state index in [0.717, 1.165) is 31.2 Å². The van der Waals surface area contributed by atoms with Crippen LogP contribution in [0.1, 0.15) is 31.2 Å². The number of hydrogen-bond acceptors (Lipinski definition) is 4. The lowest BCUT2D eigenvalue weighted by molar-refractivity contribution is 0.0438. The van der Waals surface area contributed by atoms with Crippen molar-refractivity contribution in [2.24, 2.45) is 5.92 Å². The maximum absolute atomic E-state index is 12.0. The van der Waals surface area contributed by atoms with E-state index in [1.54, 1.807) is 24.3 Å². The Kier molecular flexibility index (Phi) is 4.60. The summed E-state index contributed by atoms with van der Waals surface area (Å²) in [5, 5.41) is 9.80. The summed E-state index contributed by atoms with van der Waals surface area (Å²) in [6.45, 7) is 1.97. The fourth-order valence-electron chi connectivity index (χ4n) is 2.33. The van der Waals surface area contributed by atoms with E-state index in [1.807, 2.05) is 6.92 Å². The van der Waals surface area contributed by atoms with E-state index < -0.39 is 16.2 Å². The third-order valence-electron chi connectivity index (χ3n) is 3.62. The van der Waals surface area contributed by atoms with Gasteiger partial charge < -0.3 is 5.11 Å². The molecule has 5 heteroatoms. The average molecular weight is 284 g/mol. The summed E-state index contributed by atoms with van der Waals surface area (Å²) in [5.41, 5.74) is 1.00. The molecular weight excluding hydrogens is 264 g/mol. The van der Waals surface area contributed by atoms with E-state index in [0.29, 0.717) is 0 Å². The molecule has 0 amide bonds. The highest BCUT2D eigenvalue weighted by atomic mass is 32.2. The number of rotatable bonds is 4. The first-order valence-corrected chi connectivity index (χ1v) is 8.04. The molecule has 0 aromatic heterocycles. The van der Waals surface area contributed by atoms with Crippen LogP contribution in [0.2, 0.25) is 0 Å². The molecule has 0 spiro atoms. The highest BCUT2D eigenvalue weighted by molar-refractivity contribution is 7.86. The van der Waals surface area contributed by atoms with Gasteiger partial charge in [0.05, 0.1) is 17.6 Å². The summed E-state index contributed by atoms with van der Waals surface area (Å²) in [4.78, 5) is 0.170. The highest BCUT2D eigenvalue weighted by Gasteiger charge is 2.26. The predicted octanol–water partition coefficient (Wildman–Crippen LogP) is 2.25. The van der Waals surface area contributed by atoms with Crippen molar-refractivity contribution in [2.75, 3.05) is 6.61 Å². The largest absolute Gasteiger partial charge is 0.393 e. The Balaban J connectivity index is 1.99. The molecule has 0 heterocycles. The number of benzene rings is 1. The zero-order valence-corrected chi connectivity index (χ0v) is 11.9. The molecule has 1 aromatic rings. The first-order chi connectivity index (χ1) is 8.99. The Hall–Kier alpha value is -0.910. The Labute approximate surface area is 114 Å². The van der Waals surface area contributed by atoms with Crippen molar-refractivity contribution < 1.29 is 17.7 Å². The first-order valence-electron chi connectivity index (χ1n) is 6.63. The lowest BCUT2D eigenvalue weighted by Gasteiger charge is -2.26. The van der Waals surface area contributed by atoms with Crippen molar-refractivity contribution >= 4 is 10.1 Å². The molecule has 19 heavy (non-hydrogen) atoms. The number of aryl methyl sites for hydroxylation is 1. The fraction of sp³-hybridized carbons (Fsp3) is 0.571. The molecule has 0 unspecified atom stereocenters. The summed E-state index contributed by atoms with van der Waals surface area (Å²) in [6.07, 6.45) is 3.14. The smallest absolute Gasteiger partial charge is 0.296 e. The second-order valence-electron chi connectivity index (χ2n) is 5.16. The highest BCUT2D eigenvalue weighted by Crippen LogP contribution is 2.25. The number of hydrogen-bond donors (Lipinski definition) is 1. The van der Waals surface area contributed by atoms with Crippen LogP contribution in [0.4, 0.5) is 0 Å². The van der Waals surface area contributed by atoms with Crippen LogP contribution < -0.4 is 0 Å². The molecule has 1 aromatic carbocycles. The van der Waals surface area contributed by atoms with Gasteiger partial charge in [-0.15, -0.1) is 0 Å². The van der Waals surface area contributed by atoms with Crippen LogP contribution in [-0.2, 0) is 14.3 Å². The van der Waals surface area contributed by atoms with Crippen LogP contribution in [-0.4, -0.2) is 26.2 Å². The Morgan fingerprint density at radius 3 is 2.47 bits per heavy atom. The van der Waals surface area contributed by atoms with Gasteiger partial charge in [-0.1, -0.05) is 30.5 Å². The van der Waals surface area contributed by atoms with E-state index in [9.17, 15) is 13.5 Å². The van der Waals surface area contributed by atoms with Crippen LogP contribution in [0.3, 0.4) is 0 Å². The zero-order chi connectivity index (χ0) is 13.9. The van der Waals surface area contributed by atoms with Gasteiger partial charge in [-0.25, -0.2) is 0 Å². The standard InChI is InChI=1S/C14H20O4S/c1-11-6-8-13(9-7-11)19(16,17)18-10-12-4-2-3-5-14(12)15/h6-9,12,14-15H,2-5,10H2,1H3/t12-,14-/m1/s1. The van der Waals surface area contributed by atoms with Gasteiger partial charge in [0.15, 0.2) is 0 Å². The van der Waals surface area contributed by atoms with Gasteiger partial charge >= 0.3 is 0 Å². The van der Waals surface area contributed by atoms with Gasteiger partial charge in [-0.05, 0) is 31.9 Å². The van der Waals surface area contributed by atoms with Crippen molar-refractivity contribution in [1.29, 1.82) is 0 Å². The summed E-state index contributed by atoms with van der Waals surface area (Å²) < 4.78 is 29.1. The third-order valence-corrected chi connectivity index (χ3v) is 4.91. The molecular formula is C14H20O4S. The third kappa shape index (κ3) is 3.78. The van der Waals surface area contributed by atoms with Gasteiger partial charge in [0.2, 0.25) is 0 Å². The van der Waals surface area contributed by atoms with E-state index in [1.165, 1.54) is 0 Å². The summed E-state index contributed by atoms with van der Waals surface area (Å²) in [7, 11) is -3.71. The van der Waals surface area contributed by atoms with Gasteiger partial charge in [-0.2, -0.15) is 8.42 Å². The SMILES string of the molecule is Cc1ccc(S(=O)(=O)OC[C@H]2CCCC[C@H]2O)cc1. The topological polar surface area (TPSA) is 63.6 Å². The number of aliphatic hydroxyl groups is 1. The monoisotopic (exact) mass is 284 g/mol. The molecule has 0 bridgehead atoms. The maximum Gasteiger partial charge on any atom is 0.296 e. The van der Waals surface area contributed by atoms with Gasteiger partial charge in [0.1, 0.15) is 0 Å². The normalized spacial score (nSPS) is 24.3. The molecule has 1 saturated carbocycles. The van der Waals surface area contributed by atoms with Crippen molar-refractivity contribution in [1.82, 2.24) is 0 Å². The molecule has 0 saturated heterocycles. The van der Waals surface area contributed by atoms with Crippen LogP contribution in [0.15, 0.2) is 29.2 Å². The van der Waals surface area contributed by atoms with E-state index >= 15 is 0 Å². The first kappa shape index (κ1) is 14.5. The quantitative estimate of drug-likeness (QED) is 0.861.